The number of rotatable bonds is 5. The van der Waals surface area contributed by atoms with E-state index in [0.29, 0.717) is 5.56 Å². The first-order chi connectivity index (χ1) is 7.41. The zero-order valence-corrected chi connectivity index (χ0v) is 8.44. The molecule has 16 heavy (non-hydrogen) atoms. The van der Waals surface area contributed by atoms with Gasteiger partial charge in [-0.1, -0.05) is 30.3 Å². The van der Waals surface area contributed by atoms with Gasteiger partial charge in [0.05, 0.1) is 0 Å². The Balaban J connectivity index is 2.61. The Morgan fingerprint density at radius 3 is 2.38 bits per heavy atom. The fraction of sp³-hybridized carbons (Fsp3) is 0.364. The number of carboxylic acid groups (broad SMARTS) is 1. The van der Waals surface area contributed by atoms with Crippen molar-refractivity contribution >= 4 is 5.97 Å². The molecule has 5 heteroatoms. The van der Waals surface area contributed by atoms with Crippen molar-refractivity contribution in [2.24, 2.45) is 0 Å². The van der Waals surface area contributed by atoms with E-state index >= 15 is 0 Å². The normalized spacial score (nSPS) is 13.4. The number of aliphatic hydroxyl groups excluding tert-OH is 1. The summed E-state index contributed by atoms with van der Waals surface area (Å²) in [5, 5.41) is 17.2. The average Bonchev–Trinajstić information content (AvgIpc) is 2.17. The Hall–Kier alpha value is -1.49. The third-order valence-electron chi connectivity index (χ3n) is 2.08. The summed E-state index contributed by atoms with van der Waals surface area (Å²) < 4.78 is 26.6. The molecule has 0 heterocycles. The van der Waals surface area contributed by atoms with Crippen LogP contribution in [0.2, 0.25) is 0 Å². The third kappa shape index (κ3) is 3.94. The highest BCUT2D eigenvalue weighted by Crippen LogP contribution is 2.25. The zero-order valence-electron chi connectivity index (χ0n) is 8.44. The lowest BCUT2D eigenvalue weighted by Crippen LogP contribution is -2.31. The SMILES string of the molecule is O=C(O)C(O)CC(F)(F)Cc1ccccc1. The van der Waals surface area contributed by atoms with Crippen molar-refractivity contribution in [2.75, 3.05) is 0 Å². The molecule has 0 aromatic heterocycles. The smallest absolute Gasteiger partial charge is 0.332 e. The van der Waals surface area contributed by atoms with Crippen LogP contribution in [0.3, 0.4) is 0 Å². The van der Waals surface area contributed by atoms with Gasteiger partial charge in [0.25, 0.3) is 5.92 Å². The molecule has 2 N–H and O–H groups in total. The first-order valence-corrected chi connectivity index (χ1v) is 4.73. The lowest BCUT2D eigenvalue weighted by atomic mass is 10.0. The molecule has 3 nitrogen and oxygen atoms in total. The van der Waals surface area contributed by atoms with Crippen LogP contribution in [0.15, 0.2) is 30.3 Å². The van der Waals surface area contributed by atoms with Crippen LogP contribution in [0.5, 0.6) is 0 Å². The minimum absolute atomic E-state index is 0.407. The number of hydrogen-bond donors (Lipinski definition) is 2. The fourth-order valence-electron chi connectivity index (χ4n) is 1.34. The number of alkyl halides is 2. The van der Waals surface area contributed by atoms with E-state index < -0.39 is 30.8 Å². The summed E-state index contributed by atoms with van der Waals surface area (Å²) in [6, 6.07) is 8.01. The Bertz CT molecular complexity index is 352. The molecule has 0 saturated heterocycles. The van der Waals surface area contributed by atoms with Crippen LogP contribution in [0.1, 0.15) is 12.0 Å². The molecule has 1 rings (SSSR count). The molecule has 0 aliphatic rings. The Labute approximate surface area is 91.3 Å². The van der Waals surface area contributed by atoms with Crippen LogP contribution in [0.4, 0.5) is 8.78 Å². The zero-order chi connectivity index (χ0) is 12.2. The van der Waals surface area contributed by atoms with Gasteiger partial charge in [-0.25, -0.2) is 13.6 Å². The van der Waals surface area contributed by atoms with E-state index in [-0.39, 0.29) is 0 Å². The van der Waals surface area contributed by atoms with Gasteiger partial charge in [-0.3, -0.25) is 0 Å². The summed E-state index contributed by atoms with van der Waals surface area (Å²) in [4.78, 5) is 10.2. The van der Waals surface area contributed by atoms with Gasteiger partial charge in [0, 0.05) is 12.8 Å². The van der Waals surface area contributed by atoms with Crippen molar-refractivity contribution in [3.8, 4) is 0 Å². The molecule has 0 bridgehead atoms. The Morgan fingerprint density at radius 1 is 1.31 bits per heavy atom. The van der Waals surface area contributed by atoms with Crippen LogP contribution in [0, 0.1) is 0 Å². The molecule has 1 unspecified atom stereocenters. The Morgan fingerprint density at radius 2 is 1.88 bits per heavy atom. The number of carboxylic acids is 1. The van der Waals surface area contributed by atoms with E-state index in [1.54, 1.807) is 18.2 Å². The van der Waals surface area contributed by atoms with Gasteiger partial charge in [-0.2, -0.15) is 0 Å². The average molecular weight is 230 g/mol. The Kier molecular flexibility index (Phi) is 3.95. The maximum absolute atomic E-state index is 13.3. The minimum atomic E-state index is -3.22. The van der Waals surface area contributed by atoms with Gasteiger partial charge in [-0.15, -0.1) is 0 Å². The van der Waals surface area contributed by atoms with Gasteiger partial charge in [0.15, 0.2) is 6.10 Å². The number of benzene rings is 1. The van der Waals surface area contributed by atoms with E-state index in [0.717, 1.165) is 0 Å². The summed E-state index contributed by atoms with van der Waals surface area (Å²) in [5.41, 5.74) is 0.407. The van der Waals surface area contributed by atoms with Crippen LogP contribution in [-0.4, -0.2) is 28.2 Å². The first-order valence-electron chi connectivity index (χ1n) is 4.73. The molecule has 0 saturated carbocycles. The van der Waals surface area contributed by atoms with Gasteiger partial charge in [0.2, 0.25) is 0 Å². The van der Waals surface area contributed by atoms with Crippen molar-refractivity contribution in [2.45, 2.75) is 24.9 Å². The fourth-order valence-corrected chi connectivity index (χ4v) is 1.34. The van der Waals surface area contributed by atoms with E-state index in [9.17, 15) is 13.6 Å². The molecule has 88 valence electrons. The molecular weight excluding hydrogens is 218 g/mol. The summed E-state index contributed by atoms with van der Waals surface area (Å²) >= 11 is 0. The van der Waals surface area contributed by atoms with Crippen LogP contribution >= 0.6 is 0 Å². The highest BCUT2D eigenvalue weighted by atomic mass is 19.3. The lowest BCUT2D eigenvalue weighted by molar-refractivity contribution is -0.152. The van der Waals surface area contributed by atoms with Gasteiger partial charge in [0.1, 0.15) is 0 Å². The second kappa shape index (κ2) is 5.03. The predicted octanol–water partition coefficient (Wildman–Crippen LogP) is 1.70. The molecule has 0 amide bonds. The quantitative estimate of drug-likeness (QED) is 0.809. The van der Waals surface area contributed by atoms with Gasteiger partial charge < -0.3 is 10.2 Å². The number of aliphatic carboxylic acids is 1. The predicted molar refractivity (Wildman–Crippen MR) is 53.4 cm³/mol. The van der Waals surface area contributed by atoms with E-state index in [4.69, 9.17) is 10.2 Å². The van der Waals surface area contributed by atoms with Crippen molar-refractivity contribution in [1.29, 1.82) is 0 Å². The van der Waals surface area contributed by atoms with E-state index in [1.165, 1.54) is 12.1 Å². The van der Waals surface area contributed by atoms with Gasteiger partial charge >= 0.3 is 5.97 Å². The van der Waals surface area contributed by atoms with Crippen molar-refractivity contribution in [1.82, 2.24) is 0 Å². The standard InChI is InChI=1S/C11H12F2O3/c12-11(13,7-9(14)10(15)16)6-8-4-2-1-3-5-8/h1-5,9,14H,6-7H2,(H,15,16). The summed E-state index contributed by atoms with van der Waals surface area (Å²) in [7, 11) is 0. The maximum atomic E-state index is 13.3. The molecule has 0 spiro atoms. The minimum Gasteiger partial charge on any atom is -0.479 e. The van der Waals surface area contributed by atoms with Crippen molar-refractivity contribution < 1.29 is 23.8 Å². The molecule has 0 radical (unpaired) electrons. The summed E-state index contributed by atoms with van der Waals surface area (Å²) in [5.74, 6) is -4.85. The summed E-state index contributed by atoms with van der Waals surface area (Å²) in [6.45, 7) is 0. The summed E-state index contributed by atoms with van der Waals surface area (Å²) in [6.07, 6.45) is -3.67. The molecule has 1 atom stereocenters. The van der Waals surface area contributed by atoms with Crippen LogP contribution in [-0.2, 0) is 11.2 Å². The number of halogens is 2. The van der Waals surface area contributed by atoms with Gasteiger partial charge in [-0.05, 0) is 5.56 Å². The number of aliphatic hydroxyl groups is 1. The molecular formula is C11H12F2O3. The molecule has 0 aliphatic carbocycles. The van der Waals surface area contributed by atoms with Crippen molar-refractivity contribution in [3.05, 3.63) is 35.9 Å². The molecule has 0 fully saturated rings. The topological polar surface area (TPSA) is 57.5 Å². The van der Waals surface area contributed by atoms with E-state index in [1.807, 2.05) is 0 Å². The molecule has 1 aromatic carbocycles. The maximum Gasteiger partial charge on any atom is 0.332 e. The van der Waals surface area contributed by atoms with Crippen LogP contribution in [0.25, 0.3) is 0 Å². The third-order valence-corrected chi connectivity index (χ3v) is 2.08. The monoisotopic (exact) mass is 230 g/mol. The highest BCUT2D eigenvalue weighted by Gasteiger charge is 2.34. The van der Waals surface area contributed by atoms with E-state index in [2.05, 4.69) is 0 Å². The van der Waals surface area contributed by atoms with Crippen LogP contribution < -0.4 is 0 Å². The largest absolute Gasteiger partial charge is 0.479 e. The number of carbonyl (C=O) groups is 1. The van der Waals surface area contributed by atoms with Crippen molar-refractivity contribution in [3.63, 3.8) is 0 Å². The number of hydrogen-bond acceptors (Lipinski definition) is 2. The lowest BCUT2D eigenvalue weighted by Gasteiger charge is -2.17. The second-order valence-electron chi connectivity index (χ2n) is 3.58. The molecule has 0 aliphatic heterocycles. The second-order valence-corrected chi connectivity index (χ2v) is 3.58. The highest BCUT2D eigenvalue weighted by molar-refractivity contribution is 5.71. The molecule has 1 aromatic rings. The first kappa shape index (κ1) is 12.6.